The van der Waals surface area contributed by atoms with Crippen molar-refractivity contribution in [2.45, 2.75) is 25.7 Å². The van der Waals surface area contributed by atoms with Crippen molar-refractivity contribution in [3.8, 4) is 11.1 Å². The molecule has 0 aliphatic heterocycles. The van der Waals surface area contributed by atoms with Gasteiger partial charge in [-0.25, -0.2) is 0 Å². The summed E-state index contributed by atoms with van der Waals surface area (Å²) in [4.78, 5) is 0. The van der Waals surface area contributed by atoms with Crippen molar-refractivity contribution in [3.63, 3.8) is 0 Å². The van der Waals surface area contributed by atoms with Gasteiger partial charge in [0.25, 0.3) is 0 Å². The van der Waals surface area contributed by atoms with Crippen LogP contribution in [-0.2, 0) is 28.2 Å². The van der Waals surface area contributed by atoms with Crippen molar-refractivity contribution in [2.24, 2.45) is 0 Å². The van der Waals surface area contributed by atoms with Crippen molar-refractivity contribution in [1.82, 2.24) is 0 Å². The summed E-state index contributed by atoms with van der Waals surface area (Å²) in [7, 11) is 0. The molecule has 0 aromatic heterocycles. The molecule has 6 aromatic rings. The van der Waals surface area contributed by atoms with E-state index in [2.05, 4.69) is 202 Å². The van der Waals surface area contributed by atoms with Gasteiger partial charge in [-0.15, -0.1) is 0 Å². The Hall–Kier alpha value is -4.65. The van der Waals surface area contributed by atoms with E-state index in [1.165, 1.54) is 80.5 Å². The summed E-state index contributed by atoms with van der Waals surface area (Å²) in [5.74, 6) is 0. The first-order valence-corrected chi connectivity index (χ1v) is 20.7. The van der Waals surface area contributed by atoms with Crippen LogP contribution in [0.4, 0.5) is 0 Å². The minimum Gasteiger partial charge on any atom is -1.00 e. The number of hydrogen-bond acceptors (Lipinski definition) is 0. The van der Waals surface area contributed by atoms with Crippen LogP contribution in [0.1, 0.15) is 41.2 Å². The zero-order chi connectivity index (χ0) is 35.1. The summed E-state index contributed by atoms with van der Waals surface area (Å²) in [6, 6.07) is 60.7. The quantitative estimate of drug-likeness (QED) is 0.223. The molecule has 3 aliphatic carbocycles. The zero-order valence-electron chi connectivity index (χ0n) is 30.4. The average Bonchev–Trinajstić information content (AvgIpc) is 3.84. The molecule has 0 bridgehead atoms. The van der Waals surface area contributed by atoms with Gasteiger partial charge in [0.15, 0.2) is 0 Å². The summed E-state index contributed by atoms with van der Waals surface area (Å²) in [6.07, 6.45) is 10.5. The van der Waals surface area contributed by atoms with E-state index >= 15 is 0 Å². The predicted molar refractivity (Wildman–Crippen MR) is 216 cm³/mol. The van der Waals surface area contributed by atoms with Crippen molar-refractivity contribution in [3.05, 3.63) is 243 Å². The second kappa shape index (κ2) is 16.0. The van der Waals surface area contributed by atoms with Gasteiger partial charge in [0, 0.05) is 0 Å². The molecule has 0 N–H and O–H groups in total. The van der Waals surface area contributed by atoms with Crippen LogP contribution in [0.3, 0.4) is 0 Å². The fourth-order valence-electron chi connectivity index (χ4n) is 8.54. The Morgan fingerprint density at radius 2 is 1.17 bits per heavy atom. The molecule has 54 heavy (non-hydrogen) atoms. The van der Waals surface area contributed by atoms with Gasteiger partial charge >= 0.3 is 320 Å². The van der Waals surface area contributed by atoms with E-state index < -0.39 is 22.8 Å². The van der Waals surface area contributed by atoms with Crippen LogP contribution in [0.15, 0.2) is 205 Å². The van der Waals surface area contributed by atoms with Gasteiger partial charge in [0.2, 0.25) is 0 Å². The molecule has 0 fully saturated rings. The van der Waals surface area contributed by atoms with Gasteiger partial charge in [-0.2, -0.15) is 0 Å². The van der Waals surface area contributed by atoms with Crippen LogP contribution < -0.4 is 35.3 Å². The van der Waals surface area contributed by atoms with Crippen LogP contribution in [0.2, 0.25) is 0 Å². The predicted octanol–water partition coefficient (Wildman–Crippen LogP) is 4.53. The van der Waals surface area contributed by atoms with Gasteiger partial charge in [-0.3, -0.25) is 0 Å². The minimum absolute atomic E-state index is 0. The first-order chi connectivity index (χ1) is 25.6. The Kier molecular flexibility index (Phi) is 11.1. The van der Waals surface area contributed by atoms with Gasteiger partial charge in [0.1, 0.15) is 0 Å². The number of aryl methyl sites for hydroxylation is 1. The summed E-state index contributed by atoms with van der Waals surface area (Å²) < 4.78 is 3.09. The van der Waals surface area contributed by atoms with E-state index in [4.69, 9.17) is 0 Å². The SMILES string of the molecule is Cc1cc(-c2ccccc2)c2c(c1)=[C]([Zr+2]=[C](c1ccccc1)c1ccccc1)C1=C(C3=CC=CC3)C(C)(c3ccccc3)C(c3ccccc3)=CC=21.[Cl-].[Cl-]. The van der Waals surface area contributed by atoms with Crippen molar-refractivity contribution < 1.29 is 47.6 Å². The number of benzene rings is 6. The molecule has 0 saturated heterocycles. The Balaban J connectivity index is 0.00000225. The fourth-order valence-corrected chi connectivity index (χ4v) is 12.4. The second-order valence-corrected chi connectivity index (χ2v) is 17.2. The number of rotatable bonds is 7. The molecular formula is C51H39Cl2Zr. The monoisotopic (exact) mass is 811 g/mol. The second-order valence-electron chi connectivity index (χ2n) is 14.1. The van der Waals surface area contributed by atoms with E-state index in [0.717, 1.165) is 6.42 Å². The Labute approximate surface area is 342 Å². The zero-order valence-corrected chi connectivity index (χ0v) is 34.3. The van der Waals surface area contributed by atoms with Gasteiger partial charge in [0.05, 0.1) is 0 Å². The third-order valence-electron chi connectivity index (χ3n) is 10.9. The first-order valence-electron chi connectivity index (χ1n) is 18.3. The number of allylic oxidation sites excluding steroid dienone is 8. The standard InChI is InChI=1S/C38H29.C13H10.2ClH.Zr/c1-26-22-30-24-34-33(36(30)32(23-26)27-14-6-3-7-15-27)25-35(28-16-8-4-9-17-28)38(2,31-20-10-5-11-21-31)37(34)29-18-12-13-19-29;1-3-7-12(8-4-1)11-13-9-5-2-6-10-13;;;/h3-18,20-23,25H,19H2,1-2H3;1-10H;2*1H;/q;;;;+2/p-2. The van der Waals surface area contributed by atoms with Crippen molar-refractivity contribution in [1.29, 1.82) is 0 Å². The van der Waals surface area contributed by atoms with Crippen LogP contribution in [-0.4, -0.2) is 3.21 Å². The van der Waals surface area contributed by atoms with E-state index in [-0.39, 0.29) is 30.2 Å². The van der Waals surface area contributed by atoms with Crippen LogP contribution in [0.25, 0.3) is 25.6 Å². The summed E-state index contributed by atoms with van der Waals surface area (Å²) in [6.45, 7) is 4.77. The van der Waals surface area contributed by atoms with E-state index in [1.54, 1.807) is 3.28 Å². The molecule has 0 saturated carbocycles. The van der Waals surface area contributed by atoms with Crippen LogP contribution in [0, 0.1) is 6.92 Å². The molecule has 0 heterocycles. The van der Waals surface area contributed by atoms with Crippen LogP contribution in [0.5, 0.6) is 0 Å². The summed E-state index contributed by atoms with van der Waals surface area (Å²) in [5, 5.41) is 2.81. The third-order valence-corrected chi connectivity index (χ3v) is 14.8. The third kappa shape index (κ3) is 6.58. The van der Waals surface area contributed by atoms with E-state index in [0.29, 0.717) is 0 Å². The van der Waals surface area contributed by atoms with Gasteiger partial charge in [-0.05, 0) is 0 Å². The molecule has 1 unspecified atom stereocenters. The van der Waals surface area contributed by atoms with Crippen molar-refractivity contribution in [2.75, 3.05) is 0 Å². The molecule has 0 amide bonds. The fraction of sp³-hybridized carbons (Fsp3) is 0.0784. The van der Waals surface area contributed by atoms with E-state index in [1.807, 2.05) is 0 Å². The summed E-state index contributed by atoms with van der Waals surface area (Å²) >= 11 is -1.49. The summed E-state index contributed by atoms with van der Waals surface area (Å²) in [5.41, 5.74) is 15.9. The minimum atomic E-state index is -1.49. The first kappa shape index (κ1) is 37.7. The molecule has 6 aromatic carbocycles. The molecule has 0 radical (unpaired) electrons. The molecular weight excluding hydrogens is 775 g/mol. The molecule has 1 atom stereocenters. The van der Waals surface area contributed by atoms with Crippen molar-refractivity contribution >= 4 is 17.6 Å². The largest absolute Gasteiger partial charge is 1.00 e. The maximum atomic E-state index is 2.59. The Morgan fingerprint density at radius 3 is 1.72 bits per heavy atom. The Bertz CT molecular complexity index is 2580. The molecule has 261 valence electrons. The molecule has 9 rings (SSSR count). The normalized spacial score (nSPS) is 16.7. The number of hydrogen-bond donors (Lipinski definition) is 0. The smallest absolute Gasteiger partial charge is 1.00 e. The maximum Gasteiger partial charge on any atom is -1.00 e. The number of halogens is 2. The average molecular weight is 814 g/mol. The molecule has 3 heteroatoms. The van der Waals surface area contributed by atoms with Crippen LogP contribution >= 0.6 is 0 Å². The maximum absolute atomic E-state index is 2.59. The molecule has 0 nitrogen and oxygen atoms in total. The number of fused-ring (bicyclic) bond motifs is 2. The molecule has 3 aliphatic rings. The van der Waals surface area contributed by atoms with Gasteiger partial charge < -0.3 is 24.8 Å². The topological polar surface area (TPSA) is 0 Å². The Morgan fingerprint density at radius 1 is 0.630 bits per heavy atom. The van der Waals surface area contributed by atoms with E-state index in [9.17, 15) is 0 Å². The molecule has 0 spiro atoms. The van der Waals surface area contributed by atoms with Gasteiger partial charge in [-0.1, -0.05) is 0 Å².